The number of likely N-dealkylation sites (tertiary alicyclic amines) is 2. The third-order valence-electron chi connectivity index (χ3n) is 6.97. The summed E-state index contributed by atoms with van der Waals surface area (Å²) in [5, 5.41) is 0. The fourth-order valence-electron chi connectivity index (χ4n) is 5.09. The van der Waals surface area contributed by atoms with Gasteiger partial charge in [0, 0.05) is 31.7 Å². The van der Waals surface area contributed by atoms with Crippen LogP contribution >= 0.6 is 0 Å². The summed E-state index contributed by atoms with van der Waals surface area (Å²) >= 11 is 0. The van der Waals surface area contributed by atoms with Gasteiger partial charge in [0.2, 0.25) is 0 Å². The zero-order valence-corrected chi connectivity index (χ0v) is 18.0. The van der Waals surface area contributed by atoms with E-state index in [1.165, 1.54) is 63.0 Å². The Kier molecular flexibility index (Phi) is 7.37. The molecule has 0 aliphatic carbocycles. The first kappa shape index (κ1) is 20.6. The number of piperidine rings is 2. The Bertz CT molecular complexity index is 709. The van der Waals surface area contributed by atoms with Crippen LogP contribution < -0.4 is 0 Å². The molecule has 3 heteroatoms. The summed E-state index contributed by atoms with van der Waals surface area (Å²) in [6.07, 6.45) is 6.52. The van der Waals surface area contributed by atoms with Crippen LogP contribution in [0.3, 0.4) is 0 Å². The average molecular weight is 392 g/mol. The molecule has 29 heavy (non-hydrogen) atoms. The van der Waals surface area contributed by atoms with Gasteiger partial charge in [-0.15, -0.1) is 0 Å². The van der Waals surface area contributed by atoms with Gasteiger partial charge in [0.25, 0.3) is 0 Å². The summed E-state index contributed by atoms with van der Waals surface area (Å²) in [6, 6.07) is 23.4. The van der Waals surface area contributed by atoms with Gasteiger partial charge in [0.15, 0.2) is 0 Å². The largest absolute Gasteiger partial charge is 0.302 e. The summed E-state index contributed by atoms with van der Waals surface area (Å²) in [5.41, 5.74) is 2.90. The van der Waals surface area contributed by atoms with Crippen LogP contribution in [0.25, 0.3) is 0 Å². The lowest BCUT2D eigenvalue weighted by molar-refractivity contribution is 0.0507. The molecule has 2 fully saturated rings. The highest BCUT2D eigenvalue weighted by Crippen LogP contribution is 2.24. The molecule has 1 unspecified atom stereocenters. The Morgan fingerprint density at radius 3 is 2.17 bits per heavy atom. The van der Waals surface area contributed by atoms with E-state index in [-0.39, 0.29) is 0 Å². The van der Waals surface area contributed by atoms with Gasteiger partial charge < -0.3 is 4.90 Å². The number of hydrogen-bond donors (Lipinski definition) is 0. The molecular weight excluding hydrogens is 354 g/mol. The lowest BCUT2D eigenvalue weighted by atomic mass is 9.97. The summed E-state index contributed by atoms with van der Waals surface area (Å²) < 4.78 is 0. The molecule has 0 bridgehead atoms. The van der Waals surface area contributed by atoms with Gasteiger partial charge >= 0.3 is 0 Å². The minimum Gasteiger partial charge on any atom is -0.302 e. The Morgan fingerprint density at radius 1 is 0.828 bits per heavy atom. The lowest BCUT2D eigenvalue weighted by Gasteiger charge is -2.44. The van der Waals surface area contributed by atoms with Gasteiger partial charge in [-0.25, -0.2) is 0 Å². The highest BCUT2D eigenvalue weighted by atomic mass is 15.2. The molecule has 2 heterocycles. The van der Waals surface area contributed by atoms with Crippen molar-refractivity contribution < 1.29 is 0 Å². The number of rotatable bonds is 7. The minimum atomic E-state index is 0.717. The second-order valence-electron chi connectivity index (χ2n) is 9.00. The Hall–Kier alpha value is -1.68. The van der Waals surface area contributed by atoms with Crippen molar-refractivity contribution in [3.05, 3.63) is 71.8 Å². The SMILES string of the molecule is CN(CCc1ccccc1)C1CCCN(C2CCN(Cc3ccccc3)CC2)C1. The second-order valence-corrected chi connectivity index (χ2v) is 9.00. The highest BCUT2D eigenvalue weighted by Gasteiger charge is 2.30. The van der Waals surface area contributed by atoms with Crippen LogP contribution in [0.15, 0.2) is 60.7 Å². The van der Waals surface area contributed by atoms with Crippen LogP contribution in [0.1, 0.15) is 36.8 Å². The van der Waals surface area contributed by atoms with Crippen molar-refractivity contribution in [1.82, 2.24) is 14.7 Å². The van der Waals surface area contributed by atoms with Gasteiger partial charge in [-0.1, -0.05) is 60.7 Å². The molecule has 0 aromatic heterocycles. The first-order valence-corrected chi connectivity index (χ1v) is 11.5. The van der Waals surface area contributed by atoms with Crippen molar-refractivity contribution in [2.45, 2.75) is 50.7 Å². The topological polar surface area (TPSA) is 9.72 Å². The predicted octanol–water partition coefficient (Wildman–Crippen LogP) is 4.29. The maximum absolute atomic E-state index is 2.81. The molecule has 4 rings (SSSR count). The van der Waals surface area contributed by atoms with Gasteiger partial charge in [0.05, 0.1) is 0 Å². The molecule has 0 N–H and O–H groups in total. The molecule has 2 aliphatic rings. The number of hydrogen-bond acceptors (Lipinski definition) is 3. The summed E-state index contributed by atoms with van der Waals surface area (Å²) in [4.78, 5) is 8.07. The molecular formula is C26H37N3. The van der Waals surface area contributed by atoms with Crippen LogP contribution in [-0.4, -0.2) is 66.6 Å². The maximum atomic E-state index is 2.81. The van der Waals surface area contributed by atoms with Crippen LogP contribution in [0.4, 0.5) is 0 Å². The zero-order valence-electron chi connectivity index (χ0n) is 18.0. The molecule has 156 valence electrons. The molecule has 2 aromatic rings. The van der Waals surface area contributed by atoms with E-state index in [4.69, 9.17) is 0 Å². The second kappa shape index (κ2) is 10.4. The molecule has 2 aliphatic heterocycles. The molecule has 0 radical (unpaired) electrons. The molecule has 3 nitrogen and oxygen atoms in total. The van der Waals surface area contributed by atoms with Crippen molar-refractivity contribution in [2.24, 2.45) is 0 Å². The molecule has 1 atom stereocenters. The quantitative estimate of drug-likeness (QED) is 0.697. The summed E-state index contributed by atoms with van der Waals surface area (Å²) in [5.74, 6) is 0. The summed E-state index contributed by atoms with van der Waals surface area (Å²) in [6.45, 7) is 7.31. The normalized spacial score (nSPS) is 22.2. The standard InChI is InChI=1S/C26H37N3/c1-27(18-14-23-9-4-2-5-10-23)26-13-8-17-29(22-26)25-15-19-28(20-16-25)21-24-11-6-3-7-12-24/h2-7,9-12,25-26H,8,13-22H2,1H3. The number of benzene rings is 2. The van der Waals surface area contributed by atoms with Crippen LogP contribution in [0.5, 0.6) is 0 Å². The molecule has 2 saturated heterocycles. The van der Waals surface area contributed by atoms with Crippen LogP contribution in [0, 0.1) is 0 Å². The fraction of sp³-hybridized carbons (Fsp3) is 0.538. The fourth-order valence-corrected chi connectivity index (χ4v) is 5.09. The van der Waals surface area contributed by atoms with Crippen molar-refractivity contribution in [2.75, 3.05) is 39.8 Å². The first-order valence-electron chi connectivity index (χ1n) is 11.5. The number of nitrogens with zero attached hydrogens (tertiary/aromatic N) is 3. The first-order chi connectivity index (χ1) is 14.3. The third-order valence-corrected chi connectivity index (χ3v) is 6.97. The lowest BCUT2D eigenvalue weighted by Crippen LogP contribution is -2.53. The van der Waals surface area contributed by atoms with Crippen LogP contribution in [0.2, 0.25) is 0 Å². The van der Waals surface area contributed by atoms with E-state index >= 15 is 0 Å². The smallest absolute Gasteiger partial charge is 0.0233 e. The van der Waals surface area contributed by atoms with Gasteiger partial charge in [-0.2, -0.15) is 0 Å². The molecule has 0 spiro atoms. The third kappa shape index (κ3) is 5.91. The van der Waals surface area contributed by atoms with E-state index in [0.717, 1.165) is 31.6 Å². The van der Waals surface area contributed by atoms with Crippen molar-refractivity contribution in [3.63, 3.8) is 0 Å². The van der Waals surface area contributed by atoms with E-state index in [9.17, 15) is 0 Å². The van der Waals surface area contributed by atoms with Crippen molar-refractivity contribution in [1.29, 1.82) is 0 Å². The summed E-state index contributed by atoms with van der Waals surface area (Å²) in [7, 11) is 2.33. The Balaban J connectivity index is 1.22. The zero-order chi connectivity index (χ0) is 19.9. The molecule has 2 aromatic carbocycles. The van der Waals surface area contributed by atoms with E-state index in [1.54, 1.807) is 0 Å². The van der Waals surface area contributed by atoms with Gasteiger partial charge in [-0.05, 0) is 69.9 Å². The molecule has 0 amide bonds. The Labute approximate surface area is 177 Å². The minimum absolute atomic E-state index is 0.717. The van der Waals surface area contributed by atoms with E-state index in [2.05, 4.69) is 82.4 Å². The predicted molar refractivity (Wildman–Crippen MR) is 122 cm³/mol. The average Bonchev–Trinajstić information content (AvgIpc) is 2.79. The van der Waals surface area contributed by atoms with Crippen molar-refractivity contribution in [3.8, 4) is 0 Å². The number of likely N-dealkylation sites (N-methyl/N-ethyl adjacent to an activating group) is 1. The Morgan fingerprint density at radius 2 is 1.48 bits per heavy atom. The van der Waals surface area contributed by atoms with Gasteiger partial charge in [0.1, 0.15) is 0 Å². The van der Waals surface area contributed by atoms with E-state index in [1.807, 2.05) is 0 Å². The van der Waals surface area contributed by atoms with Gasteiger partial charge in [-0.3, -0.25) is 9.80 Å². The van der Waals surface area contributed by atoms with Crippen LogP contribution in [-0.2, 0) is 13.0 Å². The maximum Gasteiger partial charge on any atom is 0.0233 e. The molecule has 0 saturated carbocycles. The van der Waals surface area contributed by atoms with E-state index < -0.39 is 0 Å². The highest BCUT2D eigenvalue weighted by molar-refractivity contribution is 5.15. The van der Waals surface area contributed by atoms with Crippen molar-refractivity contribution >= 4 is 0 Å². The van der Waals surface area contributed by atoms with E-state index in [0.29, 0.717) is 0 Å². The monoisotopic (exact) mass is 391 g/mol.